The normalized spacial score (nSPS) is 11.2. The van der Waals surface area contributed by atoms with Crippen LogP contribution in [0.2, 0.25) is 0 Å². The maximum atomic E-state index is 12.0. The summed E-state index contributed by atoms with van der Waals surface area (Å²) in [5.74, 6) is -0.525. The summed E-state index contributed by atoms with van der Waals surface area (Å²) in [6.07, 6.45) is 2.97. The van der Waals surface area contributed by atoms with Crippen molar-refractivity contribution < 1.29 is 14.3 Å². The summed E-state index contributed by atoms with van der Waals surface area (Å²) in [6, 6.07) is 4.18. The van der Waals surface area contributed by atoms with E-state index in [0.29, 0.717) is 10.9 Å². The first-order chi connectivity index (χ1) is 9.38. The standard InChI is InChI=1S/C15H15NO4/c1-9-6-15(19)20-14-8-13(18)11(7-10(9)14)12(17)4-5-16(2)3/h4-8,18H,1-3H3. The van der Waals surface area contributed by atoms with Crippen LogP contribution in [0.5, 0.6) is 5.75 Å². The molecule has 0 fully saturated rings. The Morgan fingerprint density at radius 3 is 2.65 bits per heavy atom. The molecule has 0 atom stereocenters. The molecule has 1 N–H and O–H groups in total. The fourth-order valence-electron chi connectivity index (χ4n) is 1.86. The van der Waals surface area contributed by atoms with Crippen LogP contribution in [0.15, 0.2) is 39.7 Å². The van der Waals surface area contributed by atoms with E-state index in [1.54, 1.807) is 32.1 Å². The Labute approximate surface area is 115 Å². The first-order valence-corrected chi connectivity index (χ1v) is 6.05. The van der Waals surface area contributed by atoms with E-state index in [2.05, 4.69) is 0 Å². The molecular formula is C15H15NO4. The number of hydrogen-bond acceptors (Lipinski definition) is 5. The van der Waals surface area contributed by atoms with Crippen molar-refractivity contribution in [2.75, 3.05) is 14.1 Å². The predicted octanol–water partition coefficient (Wildman–Crippen LogP) is 2.07. The third-order valence-electron chi connectivity index (χ3n) is 2.86. The van der Waals surface area contributed by atoms with Gasteiger partial charge in [-0.25, -0.2) is 4.79 Å². The Morgan fingerprint density at radius 1 is 1.30 bits per heavy atom. The Hall–Kier alpha value is -2.56. The highest BCUT2D eigenvalue weighted by atomic mass is 16.4. The number of fused-ring (bicyclic) bond motifs is 1. The van der Waals surface area contributed by atoms with Crippen molar-refractivity contribution >= 4 is 16.8 Å². The topological polar surface area (TPSA) is 70.7 Å². The Morgan fingerprint density at radius 2 is 2.00 bits per heavy atom. The molecule has 0 aliphatic heterocycles. The second-order valence-corrected chi connectivity index (χ2v) is 4.76. The van der Waals surface area contributed by atoms with E-state index in [-0.39, 0.29) is 22.7 Å². The monoisotopic (exact) mass is 273 g/mol. The molecule has 0 spiro atoms. The third-order valence-corrected chi connectivity index (χ3v) is 2.86. The minimum absolute atomic E-state index is 0.174. The zero-order chi connectivity index (χ0) is 14.9. The van der Waals surface area contributed by atoms with Crippen molar-refractivity contribution in [3.63, 3.8) is 0 Å². The highest BCUT2D eigenvalue weighted by Gasteiger charge is 2.13. The predicted molar refractivity (Wildman–Crippen MR) is 76.0 cm³/mol. The van der Waals surface area contributed by atoms with Gasteiger partial charge in [0.15, 0.2) is 5.78 Å². The minimum Gasteiger partial charge on any atom is -0.507 e. The molecule has 0 unspecified atom stereocenters. The van der Waals surface area contributed by atoms with Gasteiger partial charge < -0.3 is 14.4 Å². The van der Waals surface area contributed by atoms with Gasteiger partial charge in [0.05, 0.1) is 5.56 Å². The molecule has 0 saturated carbocycles. The number of phenolic OH excluding ortho intramolecular Hbond substituents is 1. The van der Waals surface area contributed by atoms with Gasteiger partial charge in [0, 0.05) is 43.9 Å². The molecule has 104 valence electrons. The summed E-state index contributed by atoms with van der Waals surface area (Å²) in [5.41, 5.74) is 0.649. The lowest BCUT2D eigenvalue weighted by Gasteiger charge is -2.06. The molecule has 1 aromatic heterocycles. The molecule has 1 heterocycles. The van der Waals surface area contributed by atoms with Gasteiger partial charge in [-0.05, 0) is 18.6 Å². The average molecular weight is 273 g/mol. The number of hydrogen-bond donors (Lipinski definition) is 1. The number of phenols is 1. The van der Waals surface area contributed by atoms with Crippen molar-refractivity contribution in [1.82, 2.24) is 4.90 Å². The van der Waals surface area contributed by atoms with Crippen molar-refractivity contribution in [3.05, 3.63) is 52.0 Å². The molecule has 0 aliphatic rings. The van der Waals surface area contributed by atoms with E-state index in [1.165, 1.54) is 24.3 Å². The molecule has 0 bridgehead atoms. The second kappa shape index (κ2) is 5.21. The largest absolute Gasteiger partial charge is 0.507 e. The maximum Gasteiger partial charge on any atom is 0.336 e. The quantitative estimate of drug-likeness (QED) is 0.526. The Balaban J connectivity index is 2.58. The molecule has 20 heavy (non-hydrogen) atoms. The first-order valence-electron chi connectivity index (χ1n) is 6.05. The molecule has 5 heteroatoms. The van der Waals surface area contributed by atoms with E-state index in [9.17, 15) is 14.7 Å². The lowest BCUT2D eigenvalue weighted by Crippen LogP contribution is -2.04. The van der Waals surface area contributed by atoms with Crippen LogP contribution in [0.4, 0.5) is 0 Å². The molecular weight excluding hydrogens is 258 g/mol. The summed E-state index contributed by atoms with van der Waals surface area (Å²) in [7, 11) is 3.59. The highest BCUT2D eigenvalue weighted by Crippen LogP contribution is 2.26. The summed E-state index contributed by atoms with van der Waals surface area (Å²) in [5, 5.41) is 10.5. The number of nitrogens with zero attached hydrogens (tertiary/aromatic N) is 1. The summed E-state index contributed by atoms with van der Waals surface area (Å²) in [6.45, 7) is 1.75. The summed E-state index contributed by atoms with van der Waals surface area (Å²) < 4.78 is 5.00. The van der Waals surface area contributed by atoms with Crippen LogP contribution in [0.3, 0.4) is 0 Å². The van der Waals surface area contributed by atoms with Crippen molar-refractivity contribution in [3.8, 4) is 5.75 Å². The lowest BCUT2D eigenvalue weighted by molar-refractivity contribution is 0.104. The van der Waals surface area contributed by atoms with Gasteiger partial charge in [0.1, 0.15) is 11.3 Å². The van der Waals surface area contributed by atoms with E-state index in [0.717, 1.165) is 0 Å². The van der Waals surface area contributed by atoms with E-state index < -0.39 is 5.63 Å². The zero-order valence-electron chi connectivity index (χ0n) is 11.5. The van der Waals surface area contributed by atoms with Crippen LogP contribution in [0.1, 0.15) is 15.9 Å². The van der Waals surface area contributed by atoms with Crippen LogP contribution in [-0.2, 0) is 0 Å². The van der Waals surface area contributed by atoms with Gasteiger partial charge in [-0.1, -0.05) is 0 Å². The van der Waals surface area contributed by atoms with Gasteiger partial charge in [-0.2, -0.15) is 0 Å². The molecule has 0 radical (unpaired) electrons. The number of carbonyl (C=O) groups is 1. The van der Waals surface area contributed by atoms with Gasteiger partial charge in [-0.15, -0.1) is 0 Å². The van der Waals surface area contributed by atoms with Crippen molar-refractivity contribution in [1.29, 1.82) is 0 Å². The number of allylic oxidation sites excluding steroid dienone is 1. The summed E-state index contributed by atoms with van der Waals surface area (Å²) in [4.78, 5) is 25.0. The Bertz CT molecular complexity index is 756. The molecule has 5 nitrogen and oxygen atoms in total. The number of rotatable bonds is 3. The maximum absolute atomic E-state index is 12.0. The number of aromatic hydroxyl groups is 1. The lowest BCUT2D eigenvalue weighted by atomic mass is 10.0. The molecule has 2 aromatic rings. The fraction of sp³-hybridized carbons (Fsp3) is 0.200. The summed E-state index contributed by atoms with van der Waals surface area (Å²) >= 11 is 0. The van der Waals surface area contributed by atoms with Gasteiger partial charge in [-0.3, -0.25) is 4.79 Å². The van der Waals surface area contributed by atoms with Gasteiger partial charge in [0.2, 0.25) is 0 Å². The average Bonchev–Trinajstić information content (AvgIpc) is 2.34. The Kier molecular flexibility index (Phi) is 3.61. The minimum atomic E-state index is -0.485. The third kappa shape index (κ3) is 2.71. The van der Waals surface area contributed by atoms with Crippen LogP contribution in [0.25, 0.3) is 11.0 Å². The second-order valence-electron chi connectivity index (χ2n) is 4.76. The van der Waals surface area contributed by atoms with Gasteiger partial charge >= 0.3 is 5.63 Å². The van der Waals surface area contributed by atoms with Gasteiger partial charge in [0.25, 0.3) is 0 Å². The molecule has 0 aliphatic carbocycles. The number of benzene rings is 1. The SMILES string of the molecule is Cc1cc(=O)oc2cc(O)c(C(=O)C=CN(C)C)cc12. The molecule has 0 saturated heterocycles. The fourth-order valence-corrected chi connectivity index (χ4v) is 1.86. The van der Waals surface area contributed by atoms with Crippen LogP contribution < -0.4 is 5.63 Å². The number of carbonyl (C=O) groups excluding carboxylic acids is 1. The van der Waals surface area contributed by atoms with Crippen molar-refractivity contribution in [2.24, 2.45) is 0 Å². The van der Waals surface area contributed by atoms with E-state index >= 15 is 0 Å². The smallest absolute Gasteiger partial charge is 0.336 e. The number of aryl methyl sites for hydroxylation is 1. The first kappa shape index (κ1) is 13.9. The zero-order valence-corrected chi connectivity index (χ0v) is 11.5. The highest BCUT2D eigenvalue weighted by molar-refractivity contribution is 6.08. The molecule has 2 rings (SSSR count). The van der Waals surface area contributed by atoms with E-state index in [1.807, 2.05) is 0 Å². The van der Waals surface area contributed by atoms with E-state index in [4.69, 9.17) is 4.42 Å². The van der Waals surface area contributed by atoms with Crippen LogP contribution in [0, 0.1) is 6.92 Å². The number of ketones is 1. The molecule has 0 amide bonds. The molecule has 1 aromatic carbocycles. The van der Waals surface area contributed by atoms with Crippen LogP contribution in [-0.4, -0.2) is 29.9 Å². The van der Waals surface area contributed by atoms with Crippen LogP contribution >= 0.6 is 0 Å². The van der Waals surface area contributed by atoms with Crippen molar-refractivity contribution in [2.45, 2.75) is 6.92 Å².